The third-order valence-corrected chi connectivity index (χ3v) is 7.15. The van der Waals surface area contributed by atoms with Gasteiger partial charge in [0, 0.05) is 5.54 Å². The lowest BCUT2D eigenvalue weighted by atomic mass is 9.87. The van der Waals surface area contributed by atoms with Gasteiger partial charge < -0.3 is 15.5 Å². The van der Waals surface area contributed by atoms with Crippen molar-refractivity contribution in [1.82, 2.24) is 15.5 Å². The van der Waals surface area contributed by atoms with Gasteiger partial charge in [0.2, 0.25) is 17.7 Å². The van der Waals surface area contributed by atoms with Crippen LogP contribution < -0.4 is 15.9 Å². The Balaban J connectivity index is 1.79. The Morgan fingerprint density at radius 2 is 1.71 bits per heavy atom. The van der Waals surface area contributed by atoms with Crippen molar-refractivity contribution in [2.45, 2.75) is 77.5 Å². The van der Waals surface area contributed by atoms with Gasteiger partial charge in [0.15, 0.2) is 0 Å². The number of carbonyl (C=O) groups is 3. The van der Waals surface area contributed by atoms with Crippen molar-refractivity contribution >= 4 is 23.4 Å². The summed E-state index contributed by atoms with van der Waals surface area (Å²) in [5.41, 5.74) is 2.14. The maximum atomic E-state index is 14.3. The van der Waals surface area contributed by atoms with Crippen molar-refractivity contribution in [3.8, 4) is 0 Å². The summed E-state index contributed by atoms with van der Waals surface area (Å²) in [4.78, 5) is 43.2. The molecule has 3 unspecified atom stereocenters. The lowest BCUT2D eigenvalue weighted by Crippen LogP contribution is -2.67. The predicted octanol–water partition coefficient (Wildman–Crippen LogP) is 3.38. The molecular weight excluding hydrogens is 484 g/mol. The van der Waals surface area contributed by atoms with E-state index in [-0.39, 0.29) is 34.6 Å². The lowest BCUT2D eigenvalue weighted by Gasteiger charge is -2.45. The van der Waals surface area contributed by atoms with Gasteiger partial charge in [0.1, 0.15) is 18.1 Å². The Hall–Kier alpha value is -3.43. The summed E-state index contributed by atoms with van der Waals surface area (Å²) in [5, 5.41) is 25.2. The molecule has 2 aliphatic rings. The number of nitrogens with one attached hydrogen (secondary N) is 2. The van der Waals surface area contributed by atoms with Gasteiger partial charge >= 0.3 is 0 Å². The molecule has 9 heteroatoms. The highest BCUT2D eigenvalue weighted by Crippen LogP contribution is 2.36. The van der Waals surface area contributed by atoms with Crippen molar-refractivity contribution < 1.29 is 24.8 Å². The van der Waals surface area contributed by atoms with Crippen LogP contribution in [0, 0.1) is 11.8 Å². The topological polar surface area (TPSA) is 122 Å². The van der Waals surface area contributed by atoms with Gasteiger partial charge in [-0.3, -0.25) is 24.8 Å². The quantitative estimate of drug-likeness (QED) is 0.414. The number of amides is 3. The fourth-order valence-corrected chi connectivity index (χ4v) is 5.57. The zero-order valence-electron chi connectivity index (χ0n) is 22.6. The van der Waals surface area contributed by atoms with E-state index in [0.29, 0.717) is 24.8 Å². The molecule has 0 saturated carbocycles. The van der Waals surface area contributed by atoms with Crippen LogP contribution in [0.1, 0.15) is 63.8 Å². The number of anilines is 1. The smallest absolute Gasteiger partial charge is 0.247 e. The molecule has 204 valence electrons. The highest BCUT2D eigenvalue weighted by molar-refractivity contribution is 6.00. The molecule has 3 atom stereocenters. The van der Waals surface area contributed by atoms with Crippen molar-refractivity contribution in [2.75, 3.05) is 5.23 Å². The van der Waals surface area contributed by atoms with Crippen LogP contribution in [0.4, 0.5) is 5.69 Å². The zero-order chi connectivity index (χ0) is 27.8. The van der Waals surface area contributed by atoms with Crippen LogP contribution in [0.2, 0.25) is 0 Å². The number of hydrogen-bond acceptors (Lipinski definition) is 6. The van der Waals surface area contributed by atoms with Gasteiger partial charge in [-0.25, -0.2) is 0 Å². The average Bonchev–Trinajstić information content (AvgIpc) is 3.26. The summed E-state index contributed by atoms with van der Waals surface area (Å²) >= 11 is 0. The van der Waals surface area contributed by atoms with E-state index in [9.17, 15) is 24.8 Å². The van der Waals surface area contributed by atoms with Gasteiger partial charge in [-0.05, 0) is 80.7 Å². The summed E-state index contributed by atoms with van der Waals surface area (Å²) in [7, 11) is 0. The minimum atomic E-state index is -1.15. The summed E-state index contributed by atoms with van der Waals surface area (Å²) in [5.74, 6) is -1.08. The Morgan fingerprint density at radius 3 is 2.26 bits per heavy atom. The molecule has 3 amide bonds. The number of rotatable bonds is 7. The van der Waals surface area contributed by atoms with E-state index >= 15 is 0 Å². The van der Waals surface area contributed by atoms with Crippen molar-refractivity contribution in [3.63, 3.8) is 0 Å². The maximum Gasteiger partial charge on any atom is 0.247 e. The second kappa shape index (κ2) is 10.7. The number of piperazine rings is 1. The number of hydrogen-bond donors (Lipinski definition) is 4. The van der Waals surface area contributed by atoms with Crippen molar-refractivity contribution in [1.29, 1.82) is 0 Å². The first kappa shape index (κ1) is 27.6. The lowest BCUT2D eigenvalue weighted by molar-refractivity contribution is -0.158. The van der Waals surface area contributed by atoms with E-state index in [2.05, 4.69) is 10.6 Å². The van der Waals surface area contributed by atoms with Gasteiger partial charge in [0.25, 0.3) is 0 Å². The minimum Gasteiger partial charge on any atom is -0.349 e. The maximum absolute atomic E-state index is 14.3. The Bertz CT molecular complexity index is 1180. The first-order chi connectivity index (χ1) is 17.9. The van der Waals surface area contributed by atoms with Crippen LogP contribution >= 0.6 is 0 Å². The molecular formula is C29H38N4O5. The van der Waals surface area contributed by atoms with Gasteiger partial charge in [0.05, 0.1) is 5.69 Å². The number of fused-ring (bicyclic) bond motifs is 1. The predicted molar refractivity (Wildman–Crippen MR) is 142 cm³/mol. The number of nitrogens with zero attached hydrogens (tertiary/aromatic N) is 2. The van der Waals surface area contributed by atoms with Gasteiger partial charge in [-0.2, -0.15) is 0 Å². The second-order valence-electron chi connectivity index (χ2n) is 11.8. The normalized spacial score (nSPS) is 20.8. The molecule has 2 aromatic carbocycles. The highest BCUT2D eigenvalue weighted by Gasteiger charge is 2.49. The molecule has 0 radical (unpaired) electrons. The van der Waals surface area contributed by atoms with Crippen molar-refractivity contribution in [2.24, 2.45) is 11.8 Å². The molecule has 1 saturated heterocycles. The van der Waals surface area contributed by atoms with Crippen molar-refractivity contribution in [3.05, 3.63) is 65.2 Å². The number of benzene rings is 2. The van der Waals surface area contributed by atoms with E-state index in [1.54, 1.807) is 12.1 Å². The molecule has 38 heavy (non-hydrogen) atoms. The third kappa shape index (κ3) is 5.84. The summed E-state index contributed by atoms with van der Waals surface area (Å²) in [6.07, 6.45) is 1.70. The summed E-state index contributed by atoms with van der Waals surface area (Å²) < 4.78 is 0. The first-order valence-electron chi connectivity index (χ1n) is 13.1. The molecule has 0 bridgehead atoms. The molecule has 1 aliphatic carbocycles. The third-order valence-electron chi connectivity index (χ3n) is 7.15. The highest BCUT2D eigenvalue weighted by atomic mass is 16.8. The molecule has 0 aromatic heterocycles. The molecule has 4 rings (SSSR count). The van der Waals surface area contributed by atoms with E-state index in [4.69, 9.17) is 0 Å². The van der Waals surface area contributed by atoms with Gasteiger partial charge in [-0.15, -0.1) is 5.23 Å². The van der Waals surface area contributed by atoms with E-state index in [0.717, 1.165) is 11.1 Å². The largest absolute Gasteiger partial charge is 0.349 e. The molecule has 1 aliphatic heterocycles. The van der Waals surface area contributed by atoms with Crippen LogP contribution in [-0.2, 0) is 27.2 Å². The molecule has 1 fully saturated rings. The van der Waals surface area contributed by atoms with Crippen LogP contribution in [0.3, 0.4) is 0 Å². The van der Waals surface area contributed by atoms with Crippen LogP contribution in [0.15, 0.2) is 48.5 Å². The fourth-order valence-electron chi connectivity index (χ4n) is 5.57. The second-order valence-corrected chi connectivity index (χ2v) is 11.8. The monoisotopic (exact) mass is 522 g/mol. The SMILES string of the molecule is CC(C)CC1C(=O)NC(C2Cc3ccccc3C2)C(=O)N1C(C(=O)NC(C)(C)C)c1cccc(N(O)O)c1. The van der Waals surface area contributed by atoms with Crippen LogP contribution in [0.5, 0.6) is 0 Å². The molecule has 4 N–H and O–H groups in total. The van der Waals surface area contributed by atoms with E-state index in [1.807, 2.05) is 58.9 Å². The van der Waals surface area contributed by atoms with Crippen LogP contribution in [-0.4, -0.2) is 50.7 Å². The minimum absolute atomic E-state index is 0.0306. The Morgan fingerprint density at radius 1 is 1.08 bits per heavy atom. The molecule has 0 spiro atoms. The fraction of sp³-hybridized carbons (Fsp3) is 0.483. The molecule has 2 aromatic rings. The van der Waals surface area contributed by atoms with Gasteiger partial charge in [-0.1, -0.05) is 50.2 Å². The molecule has 1 heterocycles. The van der Waals surface area contributed by atoms with Crippen LogP contribution in [0.25, 0.3) is 0 Å². The zero-order valence-corrected chi connectivity index (χ0v) is 22.6. The standard InChI is InChI=1S/C29H38N4O5/c1-17(2)13-23-26(34)30-24(21-14-18-9-6-7-10-19(18)15-21)28(36)32(23)25(27(35)31-29(3,4)5)20-11-8-12-22(16-20)33(37)38/h6-12,16-17,21,23-25,37-38H,13-15H2,1-5H3,(H,30,34)(H,31,35). The Kier molecular flexibility index (Phi) is 7.80. The Labute approximate surface area is 223 Å². The summed E-state index contributed by atoms with van der Waals surface area (Å²) in [6.45, 7) is 9.47. The van der Waals surface area contributed by atoms with E-state index in [1.165, 1.54) is 17.0 Å². The average molecular weight is 523 g/mol. The number of carbonyl (C=O) groups excluding carboxylic acids is 3. The first-order valence-corrected chi connectivity index (χ1v) is 13.1. The summed E-state index contributed by atoms with van der Waals surface area (Å²) in [6, 6.07) is 11.4. The van der Waals surface area contributed by atoms with E-state index < -0.39 is 29.6 Å². The molecule has 9 nitrogen and oxygen atoms in total.